The zero-order valence-electron chi connectivity index (χ0n) is 11.8. The first kappa shape index (κ1) is 14.6. The zero-order valence-corrected chi connectivity index (χ0v) is 12.6. The van der Waals surface area contributed by atoms with Gasteiger partial charge in [0.2, 0.25) is 0 Å². The summed E-state index contributed by atoms with van der Waals surface area (Å²) in [7, 11) is 0. The smallest absolute Gasteiger partial charge is 0.0809 e. The van der Waals surface area contributed by atoms with E-state index in [1.807, 2.05) is 24.3 Å². The third-order valence-corrected chi connectivity index (χ3v) is 3.83. The maximum Gasteiger partial charge on any atom is 0.0809 e. The lowest BCUT2D eigenvalue weighted by molar-refractivity contribution is 0.0206. The fraction of sp³-hybridized carbons (Fsp3) is 0.438. The molecular weight excluding hydrogens is 288 g/mol. The molecule has 112 valence electrons. The van der Waals surface area contributed by atoms with Gasteiger partial charge in [-0.2, -0.15) is 0 Å². The summed E-state index contributed by atoms with van der Waals surface area (Å²) in [6, 6.07) is 7.71. The molecule has 5 heteroatoms. The Labute approximate surface area is 129 Å². The van der Waals surface area contributed by atoms with Crippen molar-refractivity contribution in [3.63, 3.8) is 0 Å². The maximum atomic E-state index is 5.99. The monoisotopic (exact) mass is 306 g/mol. The Balaban J connectivity index is 1.50. The number of hydrogen-bond donors (Lipinski definition) is 1. The molecule has 3 rings (SSSR count). The van der Waals surface area contributed by atoms with Crippen LogP contribution in [-0.4, -0.2) is 37.5 Å². The highest BCUT2D eigenvalue weighted by Gasteiger charge is 2.14. The Morgan fingerprint density at radius 3 is 3.19 bits per heavy atom. The quantitative estimate of drug-likeness (QED) is 0.830. The minimum Gasteiger partial charge on any atom is -0.382 e. The second-order valence-corrected chi connectivity index (χ2v) is 5.59. The van der Waals surface area contributed by atoms with E-state index in [4.69, 9.17) is 21.1 Å². The van der Waals surface area contributed by atoms with E-state index in [-0.39, 0.29) is 6.10 Å². The topological polar surface area (TPSA) is 43.4 Å². The lowest BCUT2D eigenvalue weighted by Crippen LogP contribution is -2.17. The lowest BCUT2D eigenvalue weighted by Gasteiger charge is -2.12. The van der Waals surface area contributed by atoms with Crippen molar-refractivity contribution in [1.82, 2.24) is 4.98 Å². The van der Waals surface area contributed by atoms with Crippen molar-refractivity contribution in [2.75, 3.05) is 31.7 Å². The van der Waals surface area contributed by atoms with Crippen LogP contribution in [0.5, 0.6) is 0 Å². The minimum absolute atomic E-state index is 0.286. The van der Waals surface area contributed by atoms with Gasteiger partial charge in [-0.25, -0.2) is 0 Å². The summed E-state index contributed by atoms with van der Waals surface area (Å²) in [4.78, 5) is 4.33. The molecule has 2 heterocycles. The molecule has 2 aromatic rings. The first-order valence-corrected chi connectivity index (χ1v) is 7.68. The van der Waals surface area contributed by atoms with Crippen molar-refractivity contribution >= 4 is 28.2 Å². The van der Waals surface area contributed by atoms with E-state index in [0.29, 0.717) is 18.2 Å². The molecule has 1 aromatic carbocycles. The van der Waals surface area contributed by atoms with E-state index in [1.165, 1.54) is 0 Å². The molecule has 0 aliphatic carbocycles. The predicted molar refractivity (Wildman–Crippen MR) is 85.0 cm³/mol. The maximum absolute atomic E-state index is 5.99. The molecule has 4 nitrogen and oxygen atoms in total. The zero-order chi connectivity index (χ0) is 14.5. The van der Waals surface area contributed by atoms with Crippen LogP contribution >= 0.6 is 11.6 Å². The first-order chi connectivity index (χ1) is 10.3. The van der Waals surface area contributed by atoms with E-state index in [2.05, 4.69) is 10.3 Å². The molecule has 1 aliphatic heterocycles. The van der Waals surface area contributed by atoms with Crippen LogP contribution in [0.4, 0.5) is 5.69 Å². The molecule has 1 N–H and O–H groups in total. The Hall–Kier alpha value is -1.36. The van der Waals surface area contributed by atoms with Crippen molar-refractivity contribution in [3.05, 3.63) is 35.5 Å². The van der Waals surface area contributed by atoms with Gasteiger partial charge in [0.05, 0.1) is 24.8 Å². The minimum atomic E-state index is 0.286. The molecule has 21 heavy (non-hydrogen) atoms. The van der Waals surface area contributed by atoms with Crippen LogP contribution in [-0.2, 0) is 9.47 Å². The van der Waals surface area contributed by atoms with E-state index in [9.17, 15) is 0 Å². The Morgan fingerprint density at radius 1 is 1.38 bits per heavy atom. The molecule has 1 fully saturated rings. The molecule has 1 saturated heterocycles. The van der Waals surface area contributed by atoms with Crippen molar-refractivity contribution in [2.45, 2.75) is 18.9 Å². The molecule has 0 radical (unpaired) electrons. The average molecular weight is 307 g/mol. The predicted octanol–water partition coefficient (Wildman–Crippen LogP) is 3.50. The van der Waals surface area contributed by atoms with Gasteiger partial charge in [0.25, 0.3) is 0 Å². The molecular formula is C16H19ClN2O2. The van der Waals surface area contributed by atoms with Crippen LogP contribution < -0.4 is 5.32 Å². The molecule has 0 spiro atoms. The fourth-order valence-electron chi connectivity index (χ4n) is 2.52. The van der Waals surface area contributed by atoms with Gasteiger partial charge in [-0.05, 0) is 37.1 Å². The van der Waals surface area contributed by atoms with Gasteiger partial charge in [-0.1, -0.05) is 11.6 Å². The van der Waals surface area contributed by atoms with Crippen LogP contribution in [0.15, 0.2) is 30.5 Å². The molecule has 1 unspecified atom stereocenters. The van der Waals surface area contributed by atoms with Crippen molar-refractivity contribution < 1.29 is 9.47 Å². The summed E-state index contributed by atoms with van der Waals surface area (Å²) >= 11 is 5.99. The van der Waals surface area contributed by atoms with Crippen LogP contribution in [0.2, 0.25) is 5.02 Å². The average Bonchev–Trinajstić information content (AvgIpc) is 3.00. The lowest BCUT2D eigenvalue weighted by atomic mass is 10.2. The van der Waals surface area contributed by atoms with Gasteiger partial charge in [0.1, 0.15) is 0 Å². The summed E-state index contributed by atoms with van der Waals surface area (Å²) in [5, 5.41) is 5.15. The van der Waals surface area contributed by atoms with Crippen LogP contribution in [0.25, 0.3) is 10.9 Å². The van der Waals surface area contributed by atoms with Crippen LogP contribution in [0, 0.1) is 0 Å². The second kappa shape index (κ2) is 7.07. The van der Waals surface area contributed by atoms with Crippen LogP contribution in [0.1, 0.15) is 12.8 Å². The van der Waals surface area contributed by atoms with Crippen molar-refractivity contribution in [3.8, 4) is 0 Å². The third kappa shape index (κ3) is 3.84. The largest absolute Gasteiger partial charge is 0.382 e. The number of nitrogens with zero attached hydrogens (tertiary/aromatic N) is 1. The van der Waals surface area contributed by atoms with E-state index in [0.717, 1.165) is 42.6 Å². The molecule has 0 bridgehead atoms. The number of pyridine rings is 1. The Bertz CT molecular complexity index is 600. The normalized spacial score (nSPS) is 18.2. The second-order valence-electron chi connectivity index (χ2n) is 5.16. The van der Waals surface area contributed by atoms with E-state index >= 15 is 0 Å². The number of hydrogen-bond acceptors (Lipinski definition) is 4. The summed E-state index contributed by atoms with van der Waals surface area (Å²) in [6.07, 6.45) is 4.34. The number of fused-ring (bicyclic) bond motifs is 1. The van der Waals surface area contributed by atoms with E-state index < -0.39 is 0 Å². The van der Waals surface area contributed by atoms with Gasteiger partial charge in [0.15, 0.2) is 0 Å². The number of nitrogens with one attached hydrogen (secondary N) is 1. The number of benzene rings is 1. The number of halogens is 1. The molecule has 1 atom stereocenters. The highest BCUT2D eigenvalue weighted by Crippen LogP contribution is 2.24. The fourth-order valence-corrected chi connectivity index (χ4v) is 2.69. The van der Waals surface area contributed by atoms with Crippen molar-refractivity contribution in [1.29, 1.82) is 0 Å². The standard InChI is InChI=1S/C16H19ClN2O2/c17-12-3-4-14-15(5-6-18-16(14)10-12)19-7-9-20-11-13-2-1-8-21-13/h3-6,10,13H,1-2,7-9,11H2,(H,18,19). The first-order valence-electron chi connectivity index (χ1n) is 7.30. The van der Waals surface area contributed by atoms with Gasteiger partial charge in [0, 0.05) is 35.4 Å². The summed E-state index contributed by atoms with van der Waals surface area (Å²) in [5.41, 5.74) is 1.95. The van der Waals surface area contributed by atoms with Gasteiger partial charge in [-0.3, -0.25) is 4.98 Å². The molecule has 0 saturated carbocycles. The Kier molecular flexibility index (Phi) is 4.91. The van der Waals surface area contributed by atoms with E-state index in [1.54, 1.807) is 6.20 Å². The highest BCUT2D eigenvalue weighted by molar-refractivity contribution is 6.31. The number of rotatable bonds is 6. The summed E-state index contributed by atoms with van der Waals surface area (Å²) in [5.74, 6) is 0. The third-order valence-electron chi connectivity index (χ3n) is 3.59. The summed E-state index contributed by atoms with van der Waals surface area (Å²) in [6.45, 7) is 2.98. The van der Waals surface area contributed by atoms with Gasteiger partial charge < -0.3 is 14.8 Å². The van der Waals surface area contributed by atoms with Gasteiger partial charge >= 0.3 is 0 Å². The molecule has 1 aromatic heterocycles. The number of anilines is 1. The molecule has 0 amide bonds. The number of aromatic nitrogens is 1. The summed E-state index contributed by atoms with van der Waals surface area (Å²) < 4.78 is 11.2. The van der Waals surface area contributed by atoms with Gasteiger partial charge in [-0.15, -0.1) is 0 Å². The SMILES string of the molecule is Clc1ccc2c(NCCOCC3CCCO3)ccnc2c1. The Morgan fingerprint density at radius 2 is 2.33 bits per heavy atom. The molecule has 1 aliphatic rings. The number of ether oxygens (including phenoxy) is 2. The highest BCUT2D eigenvalue weighted by atomic mass is 35.5. The van der Waals surface area contributed by atoms with Crippen molar-refractivity contribution in [2.24, 2.45) is 0 Å². The van der Waals surface area contributed by atoms with Crippen LogP contribution in [0.3, 0.4) is 0 Å².